The van der Waals surface area contributed by atoms with E-state index >= 15 is 0 Å². The van der Waals surface area contributed by atoms with Gasteiger partial charge in [-0.2, -0.15) is 0 Å². The Morgan fingerprint density at radius 1 is 0.938 bits per heavy atom. The third-order valence-corrected chi connectivity index (χ3v) is 5.86. The fourth-order valence-electron chi connectivity index (χ4n) is 4.15. The van der Waals surface area contributed by atoms with Crippen molar-refractivity contribution in [2.75, 3.05) is 0 Å². The summed E-state index contributed by atoms with van der Waals surface area (Å²) in [5, 5.41) is 13.4. The summed E-state index contributed by atoms with van der Waals surface area (Å²) < 4.78 is 13.6. The summed E-state index contributed by atoms with van der Waals surface area (Å²) in [6, 6.07) is 21.5. The van der Waals surface area contributed by atoms with Gasteiger partial charge >= 0.3 is 0 Å². The van der Waals surface area contributed by atoms with Crippen LogP contribution in [0.2, 0.25) is 5.02 Å². The van der Waals surface area contributed by atoms with Gasteiger partial charge in [-0.05, 0) is 54.6 Å². The van der Waals surface area contributed by atoms with Gasteiger partial charge < -0.3 is 10.1 Å². The van der Waals surface area contributed by atoms with Crippen molar-refractivity contribution in [3.63, 3.8) is 0 Å². The second kappa shape index (κ2) is 7.04. The average molecular weight is 440 g/mol. The van der Waals surface area contributed by atoms with Crippen LogP contribution in [0, 0.1) is 5.82 Å². The van der Waals surface area contributed by atoms with E-state index in [0.717, 1.165) is 38.6 Å². The van der Waals surface area contributed by atoms with Crippen LogP contribution in [0.25, 0.3) is 39.4 Å². The molecule has 0 bridgehead atoms. The minimum Gasteiger partial charge on any atom is -0.494 e. The SMILES string of the molecule is Oc1[nH]c2cc(Cl)ccc2c1/C=c1/cc2c(c(-c3ccc(F)cc3)n1)=Nc1ccccc1-2. The van der Waals surface area contributed by atoms with Gasteiger partial charge in [0.15, 0.2) is 5.88 Å². The van der Waals surface area contributed by atoms with Crippen LogP contribution in [0.3, 0.4) is 0 Å². The maximum absolute atomic E-state index is 13.6. The van der Waals surface area contributed by atoms with Crippen LogP contribution in [-0.2, 0) is 0 Å². The molecule has 0 saturated carbocycles. The molecule has 2 N–H and O–H groups in total. The zero-order chi connectivity index (χ0) is 21.8. The van der Waals surface area contributed by atoms with Crippen LogP contribution in [-0.4, -0.2) is 15.1 Å². The molecule has 1 aliphatic rings. The highest BCUT2D eigenvalue weighted by molar-refractivity contribution is 6.31. The van der Waals surface area contributed by atoms with Crippen LogP contribution >= 0.6 is 11.6 Å². The summed E-state index contributed by atoms with van der Waals surface area (Å²) in [5.41, 5.74) is 5.62. The Kier molecular flexibility index (Phi) is 4.13. The number of nitrogens with one attached hydrogen (secondary N) is 1. The smallest absolute Gasteiger partial charge is 0.196 e. The van der Waals surface area contributed by atoms with Crippen molar-refractivity contribution in [2.45, 2.75) is 0 Å². The molecule has 3 aromatic carbocycles. The number of halogens is 2. The molecule has 6 rings (SSSR count). The van der Waals surface area contributed by atoms with Gasteiger partial charge in [0.2, 0.25) is 0 Å². The molecule has 6 heteroatoms. The van der Waals surface area contributed by atoms with Crippen molar-refractivity contribution in [3.05, 3.63) is 99.9 Å². The van der Waals surface area contributed by atoms with Crippen molar-refractivity contribution in [1.29, 1.82) is 0 Å². The normalized spacial score (nSPS) is 12.6. The number of nitrogens with zero attached hydrogens (tertiary/aromatic N) is 2. The van der Waals surface area contributed by atoms with E-state index in [1.54, 1.807) is 24.3 Å². The molecule has 4 nitrogen and oxygen atoms in total. The summed E-state index contributed by atoms with van der Waals surface area (Å²) in [7, 11) is 0. The molecule has 0 saturated heterocycles. The van der Waals surface area contributed by atoms with Crippen LogP contribution in [0.1, 0.15) is 5.56 Å². The number of fused-ring (bicyclic) bond motifs is 4. The topological polar surface area (TPSA) is 61.3 Å². The van der Waals surface area contributed by atoms with E-state index in [-0.39, 0.29) is 11.7 Å². The second-order valence-corrected chi connectivity index (χ2v) is 8.09. The Morgan fingerprint density at radius 2 is 1.75 bits per heavy atom. The molecule has 1 aliphatic heterocycles. The second-order valence-electron chi connectivity index (χ2n) is 7.65. The number of para-hydroxylation sites is 1. The first kappa shape index (κ1) is 18.8. The van der Waals surface area contributed by atoms with Gasteiger partial charge in [0.25, 0.3) is 0 Å². The van der Waals surface area contributed by atoms with Gasteiger partial charge in [-0.15, -0.1) is 0 Å². The lowest BCUT2D eigenvalue weighted by Gasteiger charge is -2.05. The number of pyridine rings is 1. The Bertz CT molecular complexity index is 1660. The maximum Gasteiger partial charge on any atom is 0.196 e. The number of aromatic hydroxyl groups is 1. The minimum atomic E-state index is -0.310. The predicted molar refractivity (Wildman–Crippen MR) is 124 cm³/mol. The molecule has 0 amide bonds. The van der Waals surface area contributed by atoms with Crippen molar-refractivity contribution in [3.8, 4) is 28.3 Å². The summed E-state index contributed by atoms with van der Waals surface area (Å²) in [5.74, 6) is -0.270. The number of H-pyrrole nitrogens is 1. The first-order chi connectivity index (χ1) is 15.6. The van der Waals surface area contributed by atoms with Gasteiger partial charge in [0.05, 0.1) is 27.6 Å². The predicted octanol–water partition coefficient (Wildman–Crippen LogP) is 5.49. The third-order valence-electron chi connectivity index (χ3n) is 5.63. The summed E-state index contributed by atoms with van der Waals surface area (Å²) in [4.78, 5) is 12.6. The number of hydrogen-bond donors (Lipinski definition) is 2. The molecule has 0 radical (unpaired) electrons. The molecule has 0 aliphatic carbocycles. The molecule has 0 spiro atoms. The van der Waals surface area contributed by atoms with E-state index in [1.165, 1.54) is 12.1 Å². The summed E-state index contributed by atoms with van der Waals surface area (Å²) in [6.45, 7) is 0. The molecule has 3 heterocycles. The fraction of sp³-hybridized carbons (Fsp3) is 0. The molecule has 0 atom stereocenters. The molecular weight excluding hydrogens is 425 g/mol. The van der Waals surface area contributed by atoms with E-state index < -0.39 is 0 Å². The van der Waals surface area contributed by atoms with Gasteiger partial charge in [0, 0.05) is 32.7 Å². The lowest BCUT2D eigenvalue weighted by Crippen LogP contribution is -2.19. The van der Waals surface area contributed by atoms with Crippen LogP contribution in [0.5, 0.6) is 5.88 Å². The Balaban J connectivity index is 1.65. The summed E-state index contributed by atoms with van der Waals surface area (Å²) in [6.07, 6.45) is 1.83. The molecule has 5 aromatic rings. The van der Waals surface area contributed by atoms with E-state index in [2.05, 4.69) is 4.98 Å². The Hall–Kier alpha value is -3.96. The Morgan fingerprint density at radius 3 is 2.59 bits per heavy atom. The highest BCUT2D eigenvalue weighted by Gasteiger charge is 2.18. The molecule has 32 heavy (non-hydrogen) atoms. The number of hydrogen-bond acceptors (Lipinski definition) is 3. The largest absolute Gasteiger partial charge is 0.494 e. The minimum absolute atomic E-state index is 0.0398. The van der Waals surface area contributed by atoms with Gasteiger partial charge in [-0.25, -0.2) is 14.4 Å². The van der Waals surface area contributed by atoms with Crippen molar-refractivity contribution < 1.29 is 9.50 Å². The van der Waals surface area contributed by atoms with Crippen LogP contribution < -0.4 is 10.7 Å². The lowest BCUT2D eigenvalue weighted by molar-refractivity contribution is 0.457. The molecular formula is C26H15ClFN3O. The monoisotopic (exact) mass is 439 g/mol. The standard InChI is InChI=1S/C26H15ClFN3O/c27-15-7-10-19-21(26(32)31-23(19)11-15)13-17-12-20-18-3-1-2-4-22(18)30-25(20)24(29-17)14-5-8-16(28)9-6-14/h1-13,31-32H/b17-13-. The number of rotatable bonds is 2. The fourth-order valence-corrected chi connectivity index (χ4v) is 4.32. The molecule has 0 unspecified atom stereocenters. The highest BCUT2D eigenvalue weighted by Crippen LogP contribution is 2.33. The van der Waals surface area contributed by atoms with Crippen molar-refractivity contribution >= 4 is 34.3 Å². The first-order valence-electron chi connectivity index (χ1n) is 10.0. The van der Waals surface area contributed by atoms with Gasteiger partial charge in [0.1, 0.15) is 5.82 Å². The Labute approximate surface area is 187 Å². The molecule has 2 aromatic heterocycles. The van der Waals surface area contributed by atoms with E-state index in [9.17, 15) is 9.50 Å². The maximum atomic E-state index is 13.6. The zero-order valence-corrected chi connectivity index (χ0v) is 17.4. The van der Waals surface area contributed by atoms with Crippen molar-refractivity contribution in [1.82, 2.24) is 9.97 Å². The van der Waals surface area contributed by atoms with Gasteiger partial charge in [-0.1, -0.05) is 35.9 Å². The number of aromatic nitrogens is 2. The lowest BCUT2D eigenvalue weighted by atomic mass is 10.0. The number of benzene rings is 3. The van der Waals surface area contributed by atoms with Gasteiger partial charge in [-0.3, -0.25) is 0 Å². The van der Waals surface area contributed by atoms with Crippen molar-refractivity contribution in [2.24, 2.45) is 4.99 Å². The first-order valence-corrected chi connectivity index (χ1v) is 10.4. The van der Waals surface area contributed by atoms with E-state index in [0.29, 0.717) is 21.6 Å². The van der Waals surface area contributed by atoms with E-state index in [4.69, 9.17) is 21.6 Å². The van der Waals surface area contributed by atoms with Crippen LogP contribution in [0.4, 0.5) is 10.1 Å². The van der Waals surface area contributed by atoms with Crippen LogP contribution in [0.15, 0.2) is 77.8 Å². The summed E-state index contributed by atoms with van der Waals surface area (Å²) >= 11 is 6.09. The molecule has 0 fully saturated rings. The molecule has 154 valence electrons. The van der Waals surface area contributed by atoms with E-state index in [1.807, 2.05) is 42.5 Å². The number of aromatic amines is 1. The third kappa shape index (κ3) is 2.98. The average Bonchev–Trinajstić information content (AvgIpc) is 3.31. The zero-order valence-electron chi connectivity index (χ0n) is 16.6. The highest BCUT2D eigenvalue weighted by atomic mass is 35.5. The quantitative estimate of drug-likeness (QED) is 0.375.